The normalized spacial score (nSPS) is 20.2. The predicted molar refractivity (Wildman–Crippen MR) is 115 cm³/mol. The molecule has 0 bridgehead atoms. The van der Waals surface area contributed by atoms with E-state index in [1.54, 1.807) is 0 Å². The maximum absolute atomic E-state index is 12.3. The van der Waals surface area contributed by atoms with E-state index in [-0.39, 0.29) is 41.7 Å². The molecule has 0 aromatic heterocycles. The van der Waals surface area contributed by atoms with Crippen LogP contribution < -0.4 is 16.0 Å². The molecule has 8 heteroatoms. The molecule has 1 aliphatic carbocycles. The number of halogens is 1. The highest BCUT2D eigenvalue weighted by Crippen LogP contribution is 2.28. The fourth-order valence-corrected chi connectivity index (χ4v) is 3.04. The molecule has 2 amide bonds. The van der Waals surface area contributed by atoms with E-state index >= 15 is 0 Å². The van der Waals surface area contributed by atoms with Crippen molar-refractivity contribution in [2.75, 3.05) is 39.3 Å². The Balaban J connectivity index is 0.00000338. The second kappa shape index (κ2) is 12.3. The van der Waals surface area contributed by atoms with E-state index < -0.39 is 0 Å². The first-order valence-electron chi connectivity index (χ1n) is 9.67. The Morgan fingerprint density at radius 3 is 2.50 bits per heavy atom. The maximum Gasteiger partial charge on any atom is 0.224 e. The number of rotatable bonds is 8. The van der Waals surface area contributed by atoms with E-state index in [0.29, 0.717) is 37.9 Å². The van der Waals surface area contributed by atoms with Crippen molar-refractivity contribution in [3.63, 3.8) is 0 Å². The highest BCUT2D eigenvalue weighted by atomic mass is 127. The molecular weight excluding hydrogens is 445 g/mol. The molecule has 3 N–H and O–H groups in total. The van der Waals surface area contributed by atoms with Crippen LogP contribution in [0.4, 0.5) is 0 Å². The van der Waals surface area contributed by atoms with Crippen LogP contribution in [0.3, 0.4) is 0 Å². The number of hydrogen-bond donors (Lipinski definition) is 3. The zero-order valence-electron chi connectivity index (χ0n) is 16.1. The van der Waals surface area contributed by atoms with Crippen LogP contribution in [0.2, 0.25) is 0 Å². The van der Waals surface area contributed by atoms with E-state index in [2.05, 4.69) is 27.9 Å². The summed E-state index contributed by atoms with van der Waals surface area (Å²) in [7, 11) is 0. The first-order chi connectivity index (χ1) is 12.1. The smallest absolute Gasteiger partial charge is 0.224 e. The van der Waals surface area contributed by atoms with Crippen molar-refractivity contribution in [2.24, 2.45) is 16.8 Å². The minimum Gasteiger partial charge on any atom is -0.357 e. The van der Waals surface area contributed by atoms with Crippen molar-refractivity contribution in [1.29, 1.82) is 0 Å². The summed E-state index contributed by atoms with van der Waals surface area (Å²) in [6.45, 7) is 8.42. The minimum absolute atomic E-state index is 0. The zero-order chi connectivity index (χ0) is 18.1. The number of aliphatic imine (C=N–C) groups is 1. The lowest BCUT2D eigenvalue weighted by atomic mass is 10.00. The Labute approximate surface area is 174 Å². The van der Waals surface area contributed by atoms with Gasteiger partial charge in [0.1, 0.15) is 0 Å². The number of nitrogens with one attached hydrogen (secondary N) is 3. The summed E-state index contributed by atoms with van der Waals surface area (Å²) in [5.74, 6) is 1.90. The molecule has 2 rings (SSSR count). The Kier molecular flexibility index (Phi) is 10.9. The first kappa shape index (κ1) is 23.0. The largest absolute Gasteiger partial charge is 0.357 e. The summed E-state index contributed by atoms with van der Waals surface area (Å²) in [6.07, 6.45) is 4.81. The molecule has 1 unspecified atom stereocenters. The van der Waals surface area contributed by atoms with Gasteiger partial charge in [-0.05, 0) is 38.5 Å². The second-order valence-electron chi connectivity index (χ2n) is 7.09. The van der Waals surface area contributed by atoms with Crippen molar-refractivity contribution in [2.45, 2.75) is 46.0 Å². The van der Waals surface area contributed by atoms with Crippen molar-refractivity contribution >= 4 is 41.8 Å². The number of amides is 2. The summed E-state index contributed by atoms with van der Waals surface area (Å²) in [5.41, 5.74) is 0. The molecule has 2 fully saturated rings. The second-order valence-corrected chi connectivity index (χ2v) is 7.09. The highest BCUT2D eigenvalue weighted by Gasteiger charge is 2.29. The SMILES string of the molecule is CCNC(=NCCC(=O)N1CCCC(C)C1)NCCNC(=O)C1CC1.I. The number of nitrogens with zero attached hydrogens (tertiary/aromatic N) is 2. The Hall–Kier alpha value is -1.06. The lowest BCUT2D eigenvalue weighted by molar-refractivity contribution is -0.132. The third-order valence-corrected chi connectivity index (χ3v) is 4.61. The van der Waals surface area contributed by atoms with Gasteiger partial charge < -0.3 is 20.9 Å². The van der Waals surface area contributed by atoms with Gasteiger partial charge in [-0.3, -0.25) is 14.6 Å². The molecule has 150 valence electrons. The summed E-state index contributed by atoms with van der Waals surface area (Å²) >= 11 is 0. The van der Waals surface area contributed by atoms with Gasteiger partial charge in [0.2, 0.25) is 11.8 Å². The topological polar surface area (TPSA) is 85.8 Å². The van der Waals surface area contributed by atoms with Gasteiger partial charge in [0.05, 0.1) is 6.54 Å². The van der Waals surface area contributed by atoms with E-state index in [4.69, 9.17) is 0 Å². The molecule has 26 heavy (non-hydrogen) atoms. The number of guanidine groups is 1. The lowest BCUT2D eigenvalue weighted by Gasteiger charge is -2.30. The quantitative estimate of drug-likeness (QED) is 0.212. The molecule has 7 nitrogen and oxygen atoms in total. The minimum atomic E-state index is 0. The van der Waals surface area contributed by atoms with Crippen LogP contribution in [0.1, 0.15) is 46.0 Å². The van der Waals surface area contributed by atoms with E-state index in [1.165, 1.54) is 6.42 Å². The van der Waals surface area contributed by atoms with Crippen molar-refractivity contribution in [3.8, 4) is 0 Å². The molecule has 1 saturated carbocycles. The molecule has 2 aliphatic rings. The van der Waals surface area contributed by atoms with Gasteiger partial charge in [0.15, 0.2) is 5.96 Å². The van der Waals surface area contributed by atoms with Crippen LogP contribution in [0.25, 0.3) is 0 Å². The number of hydrogen-bond acceptors (Lipinski definition) is 3. The number of carbonyl (C=O) groups excluding carboxylic acids is 2. The van der Waals surface area contributed by atoms with E-state index in [9.17, 15) is 9.59 Å². The van der Waals surface area contributed by atoms with Crippen LogP contribution >= 0.6 is 24.0 Å². The van der Waals surface area contributed by atoms with Crippen LogP contribution in [-0.4, -0.2) is 61.9 Å². The van der Waals surface area contributed by atoms with Crippen LogP contribution in [0, 0.1) is 11.8 Å². The van der Waals surface area contributed by atoms with Gasteiger partial charge in [-0.25, -0.2) is 0 Å². The monoisotopic (exact) mass is 479 g/mol. The molecular formula is C18H34IN5O2. The van der Waals surface area contributed by atoms with Gasteiger partial charge in [-0.15, -0.1) is 24.0 Å². The first-order valence-corrected chi connectivity index (χ1v) is 9.67. The summed E-state index contributed by atoms with van der Waals surface area (Å²) in [5, 5.41) is 9.28. The van der Waals surface area contributed by atoms with Crippen molar-refractivity contribution < 1.29 is 9.59 Å². The summed E-state index contributed by atoms with van der Waals surface area (Å²) < 4.78 is 0. The van der Waals surface area contributed by atoms with Gasteiger partial charge in [0, 0.05) is 45.1 Å². The van der Waals surface area contributed by atoms with Crippen LogP contribution in [-0.2, 0) is 9.59 Å². The van der Waals surface area contributed by atoms with Crippen molar-refractivity contribution in [1.82, 2.24) is 20.9 Å². The summed E-state index contributed by atoms with van der Waals surface area (Å²) in [4.78, 5) is 30.3. The molecule has 0 aromatic rings. The van der Waals surface area contributed by atoms with Crippen LogP contribution in [0.15, 0.2) is 4.99 Å². The molecule has 0 radical (unpaired) electrons. The molecule has 1 heterocycles. The van der Waals surface area contributed by atoms with Gasteiger partial charge >= 0.3 is 0 Å². The molecule has 0 aromatic carbocycles. The maximum atomic E-state index is 12.3. The van der Waals surface area contributed by atoms with Gasteiger partial charge in [-0.1, -0.05) is 6.92 Å². The third kappa shape index (κ3) is 8.55. The fraction of sp³-hybridized carbons (Fsp3) is 0.833. The van der Waals surface area contributed by atoms with E-state index in [0.717, 1.165) is 38.9 Å². The third-order valence-electron chi connectivity index (χ3n) is 4.61. The van der Waals surface area contributed by atoms with Gasteiger partial charge in [-0.2, -0.15) is 0 Å². The molecule has 1 aliphatic heterocycles. The molecule has 1 atom stereocenters. The average molecular weight is 479 g/mol. The Morgan fingerprint density at radius 1 is 1.12 bits per heavy atom. The average Bonchev–Trinajstić information content (AvgIpc) is 3.43. The highest BCUT2D eigenvalue weighted by molar-refractivity contribution is 14.0. The number of carbonyl (C=O) groups is 2. The molecule has 0 spiro atoms. The fourth-order valence-electron chi connectivity index (χ4n) is 3.04. The number of likely N-dealkylation sites (tertiary alicyclic amines) is 1. The molecule has 1 saturated heterocycles. The zero-order valence-corrected chi connectivity index (χ0v) is 18.4. The standard InChI is InChI=1S/C18H33N5O2.HI/c1-3-19-18(22-11-10-20-17(25)15-6-7-15)21-9-8-16(24)23-12-4-5-14(2)13-23;/h14-15H,3-13H2,1-2H3,(H,20,25)(H2,19,21,22);1H. The Morgan fingerprint density at radius 2 is 1.85 bits per heavy atom. The van der Waals surface area contributed by atoms with Gasteiger partial charge in [0.25, 0.3) is 0 Å². The van der Waals surface area contributed by atoms with E-state index in [1.807, 2.05) is 11.8 Å². The summed E-state index contributed by atoms with van der Waals surface area (Å²) in [6, 6.07) is 0. The van der Waals surface area contributed by atoms with Crippen molar-refractivity contribution in [3.05, 3.63) is 0 Å². The predicted octanol–water partition coefficient (Wildman–Crippen LogP) is 1.33. The van der Waals surface area contributed by atoms with Crippen LogP contribution in [0.5, 0.6) is 0 Å². The Bertz CT molecular complexity index is 482. The number of piperidine rings is 1. The lowest BCUT2D eigenvalue weighted by Crippen LogP contribution is -2.42.